The Hall–Kier alpha value is -1.96. The number of anilines is 2. The van der Waals surface area contributed by atoms with Crippen LogP contribution in [0.25, 0.3) is 0 Å². The smallest absolute Gasteiger partial charge is 0.261 e. The molecule has 0 amide bonds. The fourth-order valence-electron chi connectivity index (χ4n) is 2.11. The third-order valence-electron chi connectivity index (χ3n) is 3.46. The molecule has 0 saturated carbocycles. The number of sulfonamides is 1. The molecule has 0 aliphatic carbocycles. The average molecular weight is 384 g/mol. The molecule has 136 valence electrons. The molecule has 0 radical (unpaired) electrons. The van der Waals surface area contributed by atoms with Gasteiger partial charge in [-0.2, -0.15) is 0 Å². The lowest BCUT2D eigenvalue weighted by Crippen LogP contribution is -2.20. The lowest BCUT2D eigenvalue weighted by molar-refractivity contribution is 0.414. The molecule has 0 saturated heterocycles. The van der Waals surface area contributed by atoms with Gasteiger partial charge in [-0.25, -0.2) is 8.42 Å². The second kappa shape index (κ2) is 8.42. The fourth-order valence-corrected chi connectivity index (χ4v) is 3.52. The molecular formula is C17H22ClN3O3S. The molecule has 0 aliphatic heterocycles. The number of rotatable bonds is 8. The van der Waals surface area contributed by atoms with Crippen molar-refractivity contribution >= 4 is 33.0 Å². The van der Waals surface area contributed by atoms with Gasteiger partial charge in [-0.3, -0.25) is 4.72 Å². The molecule has 2 rings (SSSR count). The van der Waals surface area contributed by atoms with Crippen LogP contribution in [0.5, 0.6) is 5.75 Å². The van der Waals surface area contributed by atoms with Crippen LogP contribution < -0.4 is 14.8 Å². The lowest BCUT2D eigenvalue weighted by Gasteiger charge is -2.13. The number of benzene rings is 2. The Bertz CT molecular complexity index is 808. The first-order valence-electron chi connectivity index (χ1n) is 7.67. The summed E-state index contributed by atoms with van der Waals surface area (Å²) in [5.74, 6) is 0.425. The normalized spacial score (nSPS) is 11.4. The summed E-state index contributed by atoms with van der Waals surface area (Å²) < 4.78 is 32.5. The van der Waals surface area contributed by atoms with E-state index >= 15 is 0 Å². The van der Waals surface area contributed by atoms with Gasteiger partial charge in [0.25, 0.3) is 10.0 Å². The lowest BCUT2D eigenvalue weighted by atomic mass is 10.3. The maximum Gasteiger partial charge on any atom is 0.261 e. The molecule has 25 heavy (non-hydrogen) atoms. The van der Waals surface area contributed by atoms with Crippen LogP contribution in [0.2, 0.25) is 5.02 Å². The molecule has 2 N–H and O–H groups in total. The monoisotopic (exact) mass is 383 g/mol. The number of hydrogen-bond acceptors (Lipinski definition) is 5. The van der Waals surface area contributed by atoms with Crippen LogP contribution in [0.4, 0.5) is 11.4 Å². The first kappa shape index (κ1) is 19.4. The second-order valence-corrected chi connectivity index (χ2v) is 7.80. The van der Waals surface area contributed by atoms with Crippen LogP contribution in [0.3, 0.4) is 0 Å². The molecule has 0 aliphatic rings. The summed E-state index contributed by atoms with van der Waals surface area (Å²) in [5.41, 5.74) is 1.40. The van der Waals surface area contributed by atoms with Crippen LogP contribution in [0.1, 0.15) is 0 Å². The molecule has 0 bridgehead atoms. The van der Waals surface area contributed by atoms with Gasteiger partial charge in [-0.05, 0) is 56.6 Å². The Balaban J connectivity index is 2.06. The average Bonchev–Trinajstić information content (AvgIpc) is 2.56. The van der Waals surface area contributed by atoms with Crippen molar-refractivity contribution in [2.75, 3.05) is 44.3 Å². The number of methoxy groups -OCH3 is 1. The molecule has 0 atom stereocenters. The minimum atomic E-state index is -3.72. The van der Waals surface area contributed by atoms with Crippen molar-refractivity contribution in [1.82, 2.24) is 4.90 Å². The zero-order chi connectivity index (χ0) is 18.4. The molecule has 0 unspecified atom stereocenters. The molecule has 0 aromatic heterocycles. The number of nitrogens with zero attached hydrogens (tertiary/aromatic N) is 1. The maximum atomic E-state index is 12.5. The molecule has 6 nitrogen and oxygen atoms in total. The Morgan fingerprint density at radius 1 is 1.08 bits per heavy atom. The van der Waals surface area contributed by atoms with Crippen molar-refractivity contribution in [3.63, 3.8) is 0 Å². The van der Waals surface area contributed by atoms with Gasteiger partial charge < -0.3 is 15.0 Å². The number of halogens is 1. The van der Waals surface area contributed by atoms with E-state index in [-0.39, 0.29) is 9.92 Å². The molecule has 2 aromatic rings. The summed E-state index contributed by atoms with van der Waals surface area (Å²) >= 11 is 6.00. The van der Waals surface area contributed by atoms with E-state index in [4.69, 9.17) is 16.3 Å². The summed E-state index contributed by atoms with van der Waals surface area (Å²) in [6, 6.07) is 11.4. The van der Waals surface area contributed by atoms with Gasteiger partial charge >= 0.3 is 0 Å². The second-order valence-electron chi connectivity index (χ2n) is 5.71. The fraction of sp³-hybridized carbons (Fsp3) is 0.294. The Morgan fingerprint density at radius 2 is 1.72 bits per heavy atom. The number of hydrogen-bond donors (Lipinski definition) is 2. The van der Waals surface area contributed by atoms with E-state index in [1.165, 1.54) is 25.3 Å². The maximum absolute atomic E-state index is 12.5. The van der Waals surface area contributed by atoms with Gasteiger partial charge in [0.15, 0.2) is 0 Å². The topological polar surface area (TPSA) is 70.7 Å². The van der Waals surface area contributed by atoms with Crippen molar-refractivity contribution in [3.05, 3.63) is 47.5 Å². The zero-order valence-corrected chi connectivity index (χ0v) is 16.0. The molecular weight excluding hydrogens is 362 g/mol. The summed E-state index contributed by atoms with van der Waals surface area (Å²) in [4.78, 5) is 2.15. The highest BCUT2D eigenvalue weighted by molar-refractivity contribution is 7.92. The standard InChI is InChI=1S/C17H22ClN3O3S/c1-21(2)11-10-19-13-4-6-14(7-5-13)20-25(22,23)15-8-9-17(24-3)16(18)12-15/h4-9,12,19-20H,10-11H2,1-3H3. The number of nitrogens with one attached hydrogen (secondary N) is 2. The quantitative estimate of drug-likeness (QED) is 0.732. The third-order valence-corrected chi connectivity index (χ3v) is 5.13. The first-order chi connectivity index (χ1) is 11.8. The summed E-state index contributed by atoms with van der Waals surface area (Å²) in [7, 11) is 1.76. The van der Waals surface area contributed by atoms with E-state index < -0.39 is 10.0 Å². The highest BCUT2D eigenvalue weighted by atomic mass is 35.5. The van der Waals surface area contributed by atoms with E-state index in [1.807, 2.05) is 26.2 Å². The van der Waals surface area contributed by atoms with Gasteiger partial charge in [0, 0.05) is 24.5 Å². The Kier molecular flexibility index (Phi) is 6.52. The van der Waals surface area contributed by atoms with E-state index in [0.717, 1.165) is 18.8 Å². The van der Waals surface area contributed by atoms with Crippen LogP contribution in [-0.2, 0) is 10.0 Å². The molecule has 2 aromatic carbocycles. The molecule has 8 heteroatoms. The van der Waals surface area contributed by atoms with Crippen LogP contribution >= 0.6 is 11.6 Å². The summed E-state index contributed by atoms with van der Waals surface area (Å²) in [5, 5.41) is 3.51. The number of likely N-dealkylation sites (N-methyl/N-ethyl adjacent to an activating group) is 1. The highest BCUT2D eigenvalue weighted by Crippen LogP contribution is 2.28. The molecule has 0 fully saturated rings. The van der Waals surface area contributed by atoms with Crippen LogP contribution in [-0.4, -0.2) is 47.6 Å². The summed E-state index contributed by atoms with van der Waals surface area (Å²) in [6.07, 6.45) is 0. The number of ether oxygens (including phenoxy) is 1. The van der Waals surface area contributed by atoms with Crippen LogP contribution in [0.15, 0.2) is 47.4 Å². The molecule has 0 heterocycles. The van der Waals surface area contributed by atoms with Crippen molar-refractivity contribution in [3.8, 4) is 5.75 Å². The summed E-state index contributed by atoms with van der Waals surface area (Å²) in [6.45, 7) is 1.72. The van der Waals surface area contributed by atoms with E-state index in [9.17, 15) is 8.42 Å². The van der Waals surface area contributed by atoms with Crippen molar-refractivity contribution in [2.45, 2.75) is 4.90 Å². The van der Waals surface area contributed by atoms with Gasteiger partial charge in [-0.1, -0.05) is 11.6 Å². The largest absolute Gasteiger partial charge is 0.495 e. The van der Waals surface area contributed by atoms with Gasteiger partial charge in [0.1, 0.15) is 5.75 Å². The van der Waals surface area contributed by atoms with E-state index in [0.29, 0.717) is 11.4 Å². The highest BCUT2D eigenvalue weighted by Gasteiger charge is 2.16. The van der Waals surface area contributed by atoms with Crippen molar-refractivity contribution in [2.24, 2.45) is 0 Å². The van der Waals surface area contributed by atoms with Crippen LogP contribution in [0, 0.1) is 0 Å². The van der Waals surface area contributed by atoms with Gasteiger partial charge in [-0.15, -0.1) is 0 Å². The van der Waals surface area contributed by atoms with Crippen molar-refractivity contribution in [1.29, 1.82) is 0 Å². The molecule has 0 spiro atoms. The predicted octanol–water partition coefficient (Wildman–Crippen LogP) is 3.12. The third kappa shape index (κ3) is 5.52. The Labute approximate surface area is 153 Å². The van der Waals surface area contributed by atoms with Gasteiger partial charge in [0.2, 0.25) is 0 Å². The minimum absolute atomic E-state index is 0.0754. The zero-order valence-electron chi connectivity index (χ0n) is 14.4. The Morgan fingerprint density at radius 3 is 2.28 bits per heavy atom. The first-order valence-corrected chi connectivity index (χ1v) is 9.53. The van der Waals surface area contributed by atoms with E-state index in [1.54, 1.807) is 12.1 Å². The minimum Gasteiger partial charge on any atom is -0.495 e. The van der Waals surface area contributed by atoms with Gasteiger partial charge in [0.05, 0.1) is 17.0 Å². The van der Waals surface area contributed by atoms with Crippen molar-refractivity contribution < 1.29 is 13.2 Å². The van der Waals surface area contributed by atoms with E-state index in [2.05, 4.69) is 14.9 Å². The predicted molar refractivity (Wildman–Crippen MR) is 102 cm³/mol. The SMILES string of the molecule is COc1ccc(S(=O)(=O)Nc2ccc(NCCN(C)C)cc2)cc1Cl.